The van der Waals surface area contributed by atoms with Crippen LogP contribution in [0.2, 0.25) is 0 Å². The van der Waals surface area contributed by atoms with Gasteiger partial charge in [-0.1, -0.05) is 49.2 Å². The maximum atomic E-state index is 13.8. The number of rotatable bonds is 10. The molecule has 0 amide bonds. The van der Waals surface area contributed by atoms with Crippen LogP contribution in [0.15, 0.2) is 42.6 Å². The lowest BCUT2D eigenvalue weighted by atomic mass is 9.92. The van der Waals surface area contributed by atoms with Gasteiger partial charge in [0, 0.05) is 21.8 Å². The number of hydrogen-bond donors (Lipinski definition) is 5. The van der Waals surface area contributed by atoms with E-state index in [0.29, 0.717) is 0 Å². The average Bonchev–Trinajstić information content (AvgIpc) is 3.37. The molecule has 0 aliphatic carbocycles. The summed E-state index contributed by atoms with van der Waals surface area (Å²) < 4.78 is 42.2. The molecule has 0 radical (unpaired) electrons. The molecule has 7 nitrogen and oxygen atoms in total. The first-order valence-electron chi connectivity index (χ1n) is 13.6. The second-order valence-corrected chi connectivity index (χ2v) is 13.6. The Hall–Kier alpha value is -2.44. The monoisotopic (exact) mass is 581 g/mol. The highest BCUT2D eigenvalue weighted by molar-refractivity contribution is 8.18. The Balaban J connectivity index is 1.66. The van der Waals surface area contributed by atoms with Gasteiger partial charge in [0.05, 0.1) is 30.6 Å². The summed E-state index contributed by atoms with van der Waals surface area (Å²) in [7, 11) is -1.35. The number of aliphatic hydroxyl groups excluding tert-OH is 3. The molecule has 6 atom stereocenters. The Morgan fingerprint density at radius 3 is 2.40 bits per heavy atom. The van der Waals surface area contributed by atoms with Gasteiger partial charge in [0.2, 0.25) is 0 Å². The van der Waals surface area contributed by atoms with Gasteiger partial charge in [-0.25, -0.2) is 28.7 Å². The topological polar surface area (TPSA) is 112 Å². The number of aliphatic hydroxyl groups is 4. The van der Waals surface area contributed by atoms with Crippen molar-refractivity contribution in [3.63, 3.8) is 0 Å². The van der Waals surface area contributed by atoms with Crippen LogP contribution in [-0.4, -0.2) is 70.8 Å². The van der Waals surface area contributed by atoms with Gasteiger partial charge in [-0.15, -0.1) is 5.10 Å². The molecule has 1 aromatic heterocycles. The number of hydrogen-bond acceptors (Lipinski definition) is 6. The molecule has 2 heterocycles. The Bertz CT molecular complexity index is 1280. The first kappa shape index (κ1) is 30.5. The van der Waals surface area contributed by atoms with Crippen LogP contribution in [0.25, 0.3) is 11.3 Å². The summed E-state index contributed by atoms with van der Waals surface area (Å²) in [6.45, 7) is 5.19. The minimum absolute atomic E-state index is 0.0287. The van der Waals surface area contributed by atoms with Crippen LogP contribution in [-0.2, 0) is 6.42 Å². The lowest BCUT2D eigenvalue weighted by molar-refractivity contribution is 0.00570. The van der Waals surface area contributed by atoms with E-state index in [0.717, 1.165) is 48.9 Å². The normalized spacial score (nSPS) is 25.2. The quantitative estimate of drug-likeness (QED) is 0.139. The number of unbranched alkanes of at least 4 members (excludes halogenated alkanes) is 2. The zero-order chi connectivity index (χ0) is 29.2. The van der Waals surface area contributed by atoms with Gasteiger partial charge in [0.25, 0.3) is 0 Å². The second kappa shape index (κ2) is 12.6. The SMILES string of the molecule is CCCCCc1ccccc1[C@@H]([SH]1C[C@H](O)[C@H](n2cc(-c3cc(F)c(F)c(F)c3)nn2)[C@@H](O)[C@H]1CO)C(C)(C)O. The highest BCUT2D eigenvalue weighted by atomic mass is 32.2. The van der Waals surface area contributed by atoms with E-state index in [1.807, 2.05) is 24.3 Å². The van der Waals surface area contributed by atoms with Gasteiger partial charge in [-0.2, -0.15) is 0 Å². The third-order valence-electron chi connectivity index (χ3n) is 7.64. The fourth-order valence-corrected chi connectivity index (χ4v) is 9.48. The summed E-state index contributed by atoms with van der Waals surface area (Å²) in [5.41, 5.74) is 0.833. The maximum Gasteiger partial charge on any atom is 0.194 e. The summed E-state index contributed by atoms with van der Waals surface area (Å²) >= 11 is 0. The van der Waals surface area contributed by atoms with E-state index in [1.54, 1.807) is 13.8 Å². The Morgan fingerprint density at radius 2 is 1.77 bits per heavy atom. The van der Waals surface area contributed by atoms with E-state index in [1.165, 1.54) is 10.9 Å². The van der Waals surface area contributed by atoms with Crippen molar-refractivity contribution in [2.75, 3.05) is 12.4 Å². The van der Waals surface area contributed by atoms with Crippen LogP contribution in [0, 0.1) is 17.5 Å². The summed E-state index contributed by atoms with van der Waals surface area (Å²) in [6.07, 6.45) is 2.94. The standard InChI is InChI=1S/C29H38F3N3O4S/c1-4-5-6-9-17-10-7-8-11-19(17)28(29(2,3)39)40-16-23(37)26(27(38)24(40)15-36)35-14-22(33-34-35)18-12-20(30)25(32)21(31)13-18/h7-8,10-14,23-24,26-28,36-40H,4-6,9,15-16H2,1-3H3/t23-,24+,26-,27-,28+/m0/s1. The summed E-state index contributed by atoms with van der Waals surface area (Å²) in [6, 6.07) is 8.49. The van der Waals surface area contributed by atoms with Gasteiger partial charge in [0.15, 0.2) is 17.5 Å². The van der Waals surface area contributed by atoms with E-state index < -0.39 is 62.7 Å². The first-order chi connectivity index (χ1) is 19.0. The molecule has 0 saturated carbocycles. The minimum atomic E-state index is -1.60. The van der Waals surface area contributed by atoms with Gasteiger partial charge in [-0.3, -0.25) is 0 Å². The average molecular weight is 582 g/mol. The zero-order valence-electron chi connectivity index (χ0n) is 22.9. The maximum absolute atomic E-state index is 13.8. The Morgan fingerprint density at radius 1 is 1.10 bits per heavy atom. The van der Waals surface area contributed by atoms with Crippen molar-refractivity contribution >= 4 is 10.9 Å². The summed E-state index contributed by atoms with van der Waals surface area (Å²) in [5.74, 6) is -4.14. The van der Waals surface area contributed by atoms with Crippen LogP contribution >= 0.6 is 10.9 Å². The third-order valence-corrected chi connectivity index (χ3v) is 11.3. The van der Waals surface area contributed by atoms with E-state index in [9.17, 15) is 33.6 Å². The smallest absolute Gasteiger partial charge is 0.194 e. The van der Waals surface area contributed by atoms with E-state index in [2.05, 4.69) is 17.2 Å². The lowest BCUT2D eigenvalue weighted by Crippen LogP contribution is -2.52. The third kappa shape index (κ3) is 6.23. The molecule has 1 saturated heterocycles. The fraction of sp³-hybridized carbons (Fsp3) is 0.517. The molecule has 2 aromatic carbocycles. The molecular formula is C29H38F3N3O4S. The Labute approximate surface area is 235 Å². The predicted octanol–water partition coefficient (Wildman–Crippen LogP) is 4.25. The van der Waals surface area contributed by atoms with Gasteiger partial charge in [-0.05, 0) is 49.9 Å². The molecule has 1 fully saturated rings. The van der Waals surface area contributed by atoms with Crippen molar-refractivity contribution in [1.29, 1.82) is 0 Å². The lowest BCUT2D eigenvalue weighted by Gasteiger charge is -2.51. The highest BCUT2D eigenvalue weighted by Crippen LogP contribution is 2.58. The van der Waals surface area contributed by atoms with Crippen LogP contribution < -0.4 is 0 Å². The van der Waals surface area contributed by atoms with E-state index >= 15 is 0 Å². The van der Waals surface area contributed by atoms with E-state index in [4.69, 9.17) is 0 Å². The number of aromatic nitrogens is 3. The number of aryl methyl sites for hydroxylation is 1. The van der Waals surface area contributed by atoms with Crippen molar-refractivity contribution in [3.8, 4) is 11.3 Å². The van der Waals surface area contributed by atoms with Crippen LogP contribution in [0.1, 0.15) is 62.5 Å². The van der Waals surface area contributed by atoms with Crippen molar-refractivity contribution in [2.45, 2.75) is 80.8 Å². The minimum Gasteiger partial charge on any atom is -0.395 e. The van der Waals surface area contributed by atoms with Crippen molar-refractivity contribution in [1.82, 2.24) is 15.0 Å². The van der Waals surface area contributed by atoms with Crippen LogP contribution in [0.3, 0.4) is 0 Å². The first-order valence-corrected chi connectivity index (χ1v) is 15.2. The Kier molecular flexibility index (Phi) is 9.62. The van der Waals surface area contributed by atoms with Gasteiger partial charge in [0.1, 0.15) is 11.7 Å². The van der Waals surface area contributed by atoms with Gasteiger partial charge < -0.3 is 20.4 Å². The zero-order valence-corrected chi connectivity index (χ0v) is 23.8. The molecule has 3 aromatic rings. The fourth-order valence-electron chi connectivity index (χ4n) is 5.77. The number of nitrogens with zero attached hydrogens (tertiary/aromatic N) is 3. The summed E-state index contributed by atoms with van der Waals surface area (Å²) in [4.78, 5) is 0. The van der Waals surface area contributed by atoms with Crippen molar-refractivity contribution in [2.24, 2.45) is 0 Å². The predicted molar refractivity (Wildman–Crippen MR) is 150 cm³/mol. The molecule has 1 aliphatic rings. The number of benzene rings is 2. The molecular weight excluding hydrogens is 543 g/mol. The summed E-state index contributed by atoms with van der Waals surface area (Å²) in [5, 5.41) is 51.5. The molecule has 1 aliphatic heterocycles. The molecule has 0 bridgehead atoms. The molecule has 0 spiro atoms. The number of thiol groups is 1. The largest absolute Gasteiger partial charge is 0.395 e. The molecule has 40 heavy (non-hydrogen) atoms. The van der Waals surface area contributed by atoms with Crippen molar-refractivity contribution < 1.29 is 33.6 Å². The van der Waals surface area contributed by atoms with Crippen LogP contribution in [0.5, 0.6) is 0 Å². The molecule has 4 rings (SSSR count). The highest BCUT2D eigenvalue weighted by Gasteiger charge is 2.49. The molecule has 11 heteroatoms. The van der Waals surface area contributed by atoms with Gasteiger partial charge >= 0.3 is 0 Å². The van der Waals surface area contributed by atoms with E-state index in [-0.39, 0.29) is 23.6 Å². The molecule has 4 N–H and O–H groups in total. The van der Waals surface area contributed by atoms with Crippen LogP contribution in [0.4, 0.5) is 13.2 Å². The second-order valence-electron chi connectivity index (χ2n) is 11.0. The van der Waals surface area contributed by atoms with Crippen molar-refractivity contribution in [3.05, 3.63) is 71.2 Å². The number of halogens is 3. The molecule has 1 unspecified atom stereocenters. The molecule has 220 valence electrons.